The summed E-state index contributed by atoms with van der Waals surface area (Å²) in [5, 5.41) is 14.0. The van der Waals surface area contributed by atoms with Gasteiger partial charge < -0.3 is 9.84 Å². The molecule has 1 aromatic heterocycles. The van der Waals surface area contributed by atoms with Crippen LogP contribution in [0.2, 0.25) is 0 Å². The summed E-state index contributed by atoms with van der Waals surface area (Å²) in [5.74, 6) is 0. The molecule has 1 N–H and O–H groups in total. The maximum Gasteiger partial charge on any atom is 0.0797 e. The number of rotatable bonds is 4. The van der Waals surface area contributed by atoms with Gasteiger partial charge in [0, 0.05) is 18.4 Å². The van der Waals surface area contributed by atoms with Crippen molar-refractivity contribution < 1.29 is 9.84 Å². The lowest BCUT2D eigenvalue weighted by molar-refractivity contribution is 0.0990. The Morgan fingerprint density at radius 2 is 2.00 bits per heavy atom. The van der Waals surface area contributed by atoms with E-state index in [-0.39, 0.29) is 6.10 Å². The second-order valence-electron chi connectivity index (χ2n) is 3.99. The second-order valence-corrected chi connectivity index (χ2v) is 3.99. The van der Waals surface area contributed by atoms with Crippen molar-refractivity contribution in [1.29, 1.82) is 0 Å². The number of nitrogens with zero attached hydrogens (tertiary/aromatic N) is 2. The summed E-state index contributed by atoms with van der Waals surface area (Å²) in [6, 6.07) is 0. The summed E-state index contributed by atoms with van der Waals surface area (Å²) >= 11 is 0. The van der Waals surface area contributed by atoms with E-state index in [9.17, 15) is 5.11 Å². The van der Waals surface area contributed by atoms with Gasteiger partial charge in [-0.2, -0.15) is 5.10 Å². The number of aromatic nitrogens is 2. The number of aliphatic hydroxyl groups is 1. The number of hydrogen-bond donors (Lipinski definition) is 1. The first kappa shape index (κ1) is 12.2. The van der Waals surface area contributed by atoms with E-state index in [1.54, 1.807) is 14.0 Å². The van der Waals surface area contributed by atoms with Gasteiger partial charge >= 0.3 is 0 Å². The molecule has 0 aromatic carbocycles. The first-order chi connectivity index (χ1) is 6.97. The van der Waals surface area contributed by atoms with E-state index in [0.717, 1.165) is 23.5 Å². The van der Waals surface area contributed by atoms with E-state index in [2.05, 4.69) is 5.10 Å². The Morgan fingerprint density at radius 3 is 2.40 bits per heavy atom. The highest BCUT2D eigenvalue weighted by atomic mass is 16.5. The van der Waals surface area contributed by atoms with Crippen LogP contribution in [0.5, 0.6) is 0 Å². The molecule has 1 heterocycles. The molecular weight excluding hydrogens is 192 g/mol. The number of aryl methyl sites for hydroxylation is 1. The molecule has 0 amide bonds. The van der Waals surface area contributed by atoms with Crippen molar-refractivity contribution in [2.75, 3.05) is 7.11 Å². The normalized spacial score (nSPS) is 15.3. The van der Waals surface area contributed by atoms with E-state index < -0.39 is 6.10 Å². The molecule has 2 unspecified atom stereocenters. The largest absolute Gasteiger partial charge is 0.389 e. The first-order valence-electron chi connectivity index (χ1n) is 5.22. The molecule has 1 aromatic rings. The maximum atomic E-state index is 9.61. The number of methoxy groups -OCH3 is 1. The fourth-order valence-corrected chi connectivity index (χ4v) is 1.81. The molecular formula is C11H20N2O2. The highest BCUT2D eigenvalue weighted by molar-refractivity contribution is 5.26. The number of ether oxygens (including phenoxy) is 1. The minimum atomic E-state index is -0.461. The lowest BCUT2D eigenvalue weighted by Crippen LogP contribution is -2.16. The van der Waals surface area contributed by atoms with Crippen LogP contribution >= 0.6 is 0 Å². The van der Waals surface area contributed by atoms with E-state index >= 15 is 0 Å². The number of hydrogen-bond acceptors (Lipinski definition) is 3. The maximum absolute atomic E-state index is 9.61. The zero-order valence-corrected chi connectivity index (χ0v) is 10.1. The van der Waals surface area contributed by atoms with E-state index in [4.69, 9.17) is 4.74 Å². The molecule has 0 bridgehead atoms. The molecule has 1 rings (SSSR count). The van der Waals surface area contributed by atoms with Crippen LogP contribution in [0.1, 0.15) is 36.9 Å². The molecule has 0 aliphatic rings. The average molecular weight is 212 g/mol. The topological polar surface area (TPSA) is 47.3 Å². The second kappa shape index (κ2) is 4.77. The summed E-state index contributed by atoms with van der Waals surface area (Å²) in [5.41, 5.74) is 2.84. The zero-order chi connectivity index (χ0) is 11.6. The van der Waals surface area contributed by atoms with Crippen LogP contribution in [0, 0.1) is 13.8 Å². The van der Waals surface area contributed by atoms with Gasteiger partial charge in [0.25, 0.3) is 0 Å². The predicted octanol–water partition coefficient (Wildman–Crippen LogP) is 1.59. The molecule has 0 aliphatic carbocycles. The van der Waals surface area contributed by atoms with Gasteiger partial charge in [-0.25, -0.2) is 0 Å². The fourth-order valence-electron chi connectivity index (χ4n) is 1.81. The Labute approximate surface area is 90.9 Å². The van der Waals surface area contributed by atoms with Crippen molar-refractivity contribution in [2.24, 2.45) is 0 Å². The van der Waals surface area contributed by atoms with Gasteiger partial charge in [0.1, 0.15) is 0 Å². The van der Waals surface area contributed by atoms with Crippen LogP contribution in [0.25, 0.3) is 0 Å². The quantitative estimate of drug-likeness (QED) is 0.824. The summed E-state index contributed by atoms with van der Waals surface area (Å²) in [7, 11) is 1.69. The van der Waals surface area contributed by atoms with Crippen molar-refractivity contribution in [3.8, 4) is 0 Å². The zero-order valence-electron chi connectivity index (χ0n) is 10.1. The highest BCUT2D eigenvalue weighted by Gasteiger charge is 2.16. The Balaban J connectivity index is 2.96. The van der Waals surface area contributed by atoms with Crippen LogP contribution in [0.4, 0.5) is 0 Å². The lowest BCUT2D eigenvalue weighted by atomic mass is 10.1. The summed E-state index contributed by atoms with van der Waals surface area (Å²) in [6.45, 7) is 8.38. The van der Waals surface area contributed by atoms with Gasteiger partial charge in [0.05, 0.1) is 24.4 Å². The summed E-state index contributed by atoms with van der Waals surface area (Å²) in [6.07, 6.45) is -0.332. The van der Waals surface area contributed by atoms with Gasteiger partial charge in [-0.1, -0.05) is 0 Å². The van der Waals surface area contributed by atoms with Gasteiger partial charge in [-0.05, 0) is 27.7 Å². The molecule has 0 radical (unpaired) electrons. The lowest BCUT2D eigenvalue weighted by Gasteiger charge is -2.11. The van der Waals surface area contributed by atoms with Gasteiger partial charge in [-0.15, -0.1) is 0 Å². The fraction of sp³-hybridized carbons (Fsp3) is 0.727. The van der Waals surface area contributed by atoms with Crippen LogP contribution in [-0.4, -0.2) is 28.1 Å². The molecule has 0 aliphatic heterocycles. The molecule has 0 fully saturated rings. The monoisotopic (exact) mass is 212 g/mol. The summed E-state index contributed by atoms with van der Waals surface area (Å²) in [4.78, 5) is 0. The predicted molar refractivity (Wildman–Crippen MR) is 58.8 cm³/mol. The van der Waals surface area contributed by atoms with Gasteiger partial charge in [-0.3, -0.25) is 4.68 Å². The minimum Gasteiger partial charge on any atom is -0.389 e. The molecule has 4 heteroatoms. The van der Waals surface area contributed by atoms with E-state index in [1.165, 1.54) is 0 Å². The van der Waals surface area contributed by atoms with Crippen LogP contribution in [-0.2, 0) is 11.3 Å². The van der Waals surface area contributed by atoms with Crippen molar-refractivity contribution in [3.05, 3.63) is 17.0 Å². The van der Waals surface area contributed by atoms with Crippen LogP contribution in [0.3, 0.4) is 0 Å². The Kier molecular flexibility index (Phi) is 3.88. The first-order valence-corrected chi connectivity index (χ1v) is 5.22. The Hall–Kier alpha value is -0.870. The number of aliphatic hydroxyl groups excluding tert-OH is 1. The summed E-state index contributed by atoms with van der Waals surface area (Å²) < 4.78 is 7.09. The van der Waals surface area contributed by atoms with Crippen molar-refractivity contribution >= 4 is 0 Å². The SMILES string of the molecule is COC(C)Cn1nc(C)c(C(C)O)c1C. The third-order valence-corrected chi connectivity index (χ3v) is 2.69. The van der Waals surface area contributed by atoms with E-state index in [1.807, 2.05) is 25.5 Å². The van der Waals surface area contributed by atoms with Crippen LogP contribution < -0.4 is 0 Å². The van der Waals surface area contributed by atoms with Crippen molar-refractivity contribution in [2.45, 2.75) is 46.4 Å². The van der Waals surface area contributed by atoms with Crippen LogP contribution in [0.15, 0.2) is 0 Å². The minimum absolute atomic E-state index is 0.129. The standard InChI is InChI=1S/C11H20N2O2/c1-7(15-5)6-13-9(3)11(10(4)14)8(2)12-13/h7,10,14H,6H2,1-5H3. The van der Waals surface area contributed by atoms with Gasteiger partial charge in [0.2, 0.25) is 0 Å². The van der Waals surface area contributed by atoms with Crippen molar-refractivity contribution in [3.63, 3.8) is 0 Å². The van der Waals surface area contributed by atoms with Gasteiger partial charge in [0.15, 0.2) is 0 Å². The molecule has 4 nitrogen and oxygen atoms in total. The average Bonchev–Trinajstić information content (AvgIpc) is 2.41. The van der Waals surface area contributed by atoms with Crippen molar-refractivity contribution in [1.82, 2.24) is 9.78 Å². The molecule has 86 valence electrons. The third kappa shape index (κ3) is 2.58. The third-order valence-electron chi connectivity index (χ3n) is 2.69. The molecule has 15 heavy (non-hydrogen) atoms. The molecule has 2 atom stereocenters. The Morgan fingerprint density at radius 1 is 1.40 bits per heavy atom. The Bertz CT molecular complexity index is 332. The molecule has 0 spiro atoms. The smallest absolute Gasteiger partial charge is 0.0797 e. The molecule has 0 saturated carbocycles. The van der Waals surface area contributed by atoms with E-state index in [0.29, 0.717) is 0 Å². The molecule has 0 saturated heterocycles. The highest BCUT2D eigenvalue weighted by Crippen LogP contribution is 2.21.